The maximum absolute atomic E-state index is 12.8. The number of hydrogen-bond acceptors (Lipinski definition) is 4. The molecule has 0 bridgehead atoms. The van der Waals surface area contributed by atoms with Crippen LogP contribution in [0.1, 0.15) is 33.6 Å². The molecule has 2 atom stereocenters. The van der Waals surface area contributed by atoms with Crippen LogP contribution in [-0.4, -0.2) is 60.6 Å². The lowest BCUT2D eigenvalue weighted by Crippen LogP contribution is -2.62. The molecular weight excluding hydrogens is 258 g/mol. The highest BCUT2D eigenvalue weighted by atomic mass is 16.5. The molecule has 6 heteroatoms. The molecule has 0 aromatic carbocycles. The first-order chi connectivity index (χ1) is 9.44. The van der Waals surface area contributed by atoms with Crippen LogP contribution in [0.25, 0.3) is 0 Å². The number of carbonyl (C=O) groups is 2. The Hall–Kier alpha value is -1.14. The van der Waals surface area contributed by atoms with E-state index < -0.39 is 11.6 Å². The lowest BCUT2D eigenvalue weighted by atomic mass is 9.97. The summed E-state index contributed by atoms with van der Waals surface area (Å²) in [5.74, 6) is -0.114. The quantitative estimate of drug-likeness (QED) is 0.757. The Balaban J connectivity index is 2.10. The Labute approximate surface area is 120 Å². The van der Waals surface area contributed by atoms with E-state index in [4.69, 9.17) is 4.74 Å². The summed E-state index contributed by atoms with van der Waals surface area (Å²) in [5, 5.41) is 6.13. The van der Waals surface area contributed by atoms with Gasteiger partial charge in [0.25, 0.3) is 0 Å². The second-order valence-electron chi connectivity index (χ2n) is 6.11. The van der Waals surface area contributed by atoms with Crippen LogP contribution in [0.2, 0.25) is 0 Å². The van der Waals surface area contributed by atoms with E-state index in [-0.39, 0.29) is 24.5 Å². The van der Waals surface area contributed by atoms with Crippen molar-refractivity contribution in [3.8, 4) is 0 Å². The van der Waals surface area contributed by atoms with Gasteiger partial charge in [-0.1, -0.05) is 0 Å². The molecular formula is C14H25N3O3. The first kappa shape index (κ1) is 15.3. The Morgan fingerprint density at radius 1 is 1.45 bits per heavy atom. The summed E-state index contributed by atoms with van der Waals surface area (Å²) in [5.41, 5.74) is -0.534. The van der Waals surface area contributed by atoms with Crippen LogP contribution < -0.4 is 10.6 Å². The molecule has 0 aromatic rings. The maximum atomic E-state index is 12.8. The van der Waals surface area contributed by atoms with Crippen molar-refractivity contribution in [3.05, 3.63) is 0 Å². The second-order valence-corrected chi connectivity index (χ2v) is 6.11. The van der Waals surface area contributed by atoms with E-state index in [1.54, 1.807) is 4.90 Å². The van der Waals surface area contributed by atoms with Gasteiger partial charge >= 0.3 is 0 Å². The van der Waals surface area contributed by atoms with Gasteiger partial charge in [0.15, 0.2) is 0 Å². The summed E-state index contributed by atoms with van der Waals surface area (Å²) in [6.07, 6.45) is 1.82. The second kappa shape index (κ2) is 6.10. The van der Waals surface area contributed by atoms with Crippen LogP contribution in [-0.2, 0) is 14.3 Å². The largest absolute Gasteiger partial charge is 0.377 e. The molecule has 6 nitrogen and oxygen atoms in total. The molecule has 2 unspecified atom stereocenters. The zero-order valence-corrected chi connectivity index (χ0v) is 12.6. The standard InChI is InChI=1S/C14H25N3O3/c1-10(2)16-12(18)11-9-20-8-7-17(11)13(19)14(3)5-4-6-15-14/h10-11,15H,4-9H2,1-3H3,(H,16,18). The van der Waals surface area contributed by atoms with E-state index in [1.165, 1.54) is 0 Å². The molecule has 2 heterocycles. The van der Waals surface area contributed by atoms with E-state index in [9.17, 15) is 9.59 Å². The monoisotopic (exact) mass is 283 g/mol. The number of amides is 2. The van der Waals surface area contributed by atoms with Crippen LogP contribution >= 0.6 is 0 Å². The molecule has 2 saturated heterocycles. The summed E-state index contributed by atoms with van der Waals surface area (Å²) in [4.78, 5) is 26.7. The fourth-order valence-electron chi connectivity index (χ4n) is 2.84. The number of hydrogen-bond donors (Lipinski definition) is 2. The lowest BCUT2D eigenvalue weighted by molar-refractivity contribution is -0.153. The molecule has 2 rings (SSSR count). The first-order valence-electron chi connectivity index (χ1n) is 7.38. The average molecular weight is 283 g/mol. The molecule has 0 aliphatic carbocycles. The van der Waals surface area contributed by atoms with Gasteiger partial charge in [-0.05, 0) is 40.2 Å². The number of ether oxygens (including phenoxy) is 1. The number of carbonyl (C=O) groups excluding carboxylic acids is 2. The van der Waals surface area contributed by atoms with Gasteiger partial charge in [0.05, 0.1) is 18.8 Å². The highest BCUT2D eigenvalue weighted by molar-refractivity contribution is 5.92. The van der Waals surface area contributed by atoms with Gasteiger partial charge in [0.2, 0.25) is 11.8 Å². The first-order valence-corrected chi connectivity index (χ1v) is 7.38. The predicted octanol–water partition coefficient (Wildman–Crippen LogP) is -0.119. The fraction of sp³-hybridized carbons (Fsp3) is 0.857. The molecule has 114 valence electrons. The SMILES string of the molecule is CC(C)NC(=O)C1COCCN1C(=O)C1(C)CCCN1. The summed E-state index contributed by atoms with van der Waals surface area (Å²) >= 11 is 0. The zero-order chi connectivity index (χ0) is 14.8. The van der Waals surface area contributed by atoms with Crippen molar-refractivity contribution in [1.29, 1.82) is 0 Å². The third-order valence-corrected chi connectivity index (χ3v) is 3.96. The van der Waals surface area contributed by atoms with E-state index in [1.807, 2.05) is 20.8 Å². The molecule has 2 fully saturated rings. The maximum Gasteiger partial charge on any atom is 0.245 e. The molecule has 2 aliphatic rings. The van der Waals surface area contributed by atoms with Gasteiger partial charge in [-0.3, -0.25) is 9.59 Å². The normalized spacial score (nSPS) is 30.6. The van der Waals surface area contributed by atoms with E-state index in [0.29, 0.717) is 13.2 Å². The predicted molar refractivity (Wildman–Crippen MR) is 75.2 cm³/mol. The Morgan fingerprint density at radius 2 is 2.20 bits per heavy atom. The number of morpholine rings is 1. The van der Waals surface area contributed by atoms with Gasteiger partial charge in [-0.15, -0.1) is 0 Å². The topological polar surface area (TPSA) is 70.7 Å². The minimum atomic E-state index is -0.534. The molecule has 20 heavy (non-hydrogen) atoms. The van der Waals surface area contributed by atoms with Gasteiger partial charge < -0.3 is 20.3 Å². The van der Waals surface area contributed by atoms with Crippen LogP contribution in [0, 0.1) is 0 Å². The average Bonchev–Trinajstić information content (AvgIpc) is 2.85. The van der Waals surface area contributed by atoms with Crippen molar-refractivity contribution in [2.24, 2.45) is 0 Å². The zero-order valence-electron chi connectivity index (χ0n) is 12.6. The van der Waals surface area contributed by atoms with Crippen LogP contribution in [0.15, 0.2) is 0 Å². The van der Waals surface area contributed by atoms with Crippen LogP contribution in [0.3, 0.4) is 0 Å². The number of nitrogens with zero attached hydrogens (tertiary/aromatic N) is 1. The summed E-state index contributed by atoms with van der Waals surface area (Å²) < 4.78 is 5.39. The highest BCUT2D eigenvalue weighted by Gasteiger charge is 2.43. The van der Waals surface area contributed by atoms with Crippen molar-refractivity contribution in [2.45, 2.75) is 51.2 Å². The minimum absolute atomic E-state index is 0.0159. The molecule has 2 N–H and O–H groups in total. The van der Waals surface area contributed by atoms with Crippen molar-refractivity contribution >= 4 is 11.8 Å². The number of rotatable bonds is 3. The fourth-order valence-corrected chi connectivity index (χ4v) is 2.84. The van der Waals surface area contributed by atoms with E-state index in [0.717, 1.165) is 19.4 Å². The Kier molecular flexibility index (Phi) is 4.65. The lowest BCUT2D eigenvalue weighted by Gasteiger charge is -2.39. The van der Waals surface area contributed by atoms with Crippen molar-refractivity contribution in [3.63, 3.8) is 0 Å². The third kappa shape index (κ3) is 3.12. The van der Waals surface area contributed by atoms with Gasteiger partial charge in [-0.2, -0.15) is 0 Å². The van der Waals surface area contributed by atoms with Crippen LogP contribution in [0.5, 0.6) is 0 Å². The Bertz CT molecular complexity index is 378. The smallest absolute Gasteiger partial charge is 0.245 e. The molecule has 0 saturated carbocycles. The molecule has 0 radical (unpaired) electrons. The summed E-state index contributed by atoms with van der Waals surface area (Å²) in [6, 6.07) is -0.459. The third-order valence-electron chi connectivity index (χ3n) is 3.96. The summed E-state index contributed by atoms with van der Waals surface area (Å²) in [6.45, 7) is 7.85. The van der Waals surface area contributed by atoms with E-state index >= 15 is 0 Å². The van der Waals surface area contributed by atoms with E-state index in [2.05, 4.69) is 10.6 Å². The summed E-state index contributed by atoms with van der Waals surface area (Å²) in [7, 11) is 0. The van der Waals surface area contributed by atoms with Crippen molar-refractivity contribution in [2.75, 3.05) is 26.3 Å². The molecule has 0 spiro atoms. The number of nitrogens with one attached hydrogen (secondary N) is 2. The van der Waals surface area contributed by atoms with Gasteiger partial charge in [0, 0.05) is 12.6 Å². The molecule has 2 aliphatic heterocycles. The van der Waals surface area contributed by atoms with Crippen LogP contribution in [0.4, 0.5) is 0 Å². The Morgan fingerprint density at radius 3 is 2.80 bits per heavy atom. The van der Waals surface area contributed by atoms with Gasteiger partial charge in [-0.25, -0.2) is 0 Å². The molecule has 0 aromatic heterocycles. The molecule has 2 amide bonds. The van der Waals surface area contributed by atoms with Gasteiger partial charge in [0.1, 0.15) is 6.04 Å². The minimum Gasteiger partial charge on any atom is -0.377 e. The van der Waals surface area contributed by atoms with Crippen molar-refractivity contribution in [1.82, 2.24) is 15.5 Å². The van der Waals surface area contributed by atoms with Crippen molar-refractivity contribution < 1.29 is 14.3 Å². The highest BCUT2D eigenvalue weighted by Crippen LogP contribution is 2.23.